The van der Waals surface area contributed by atoms with Crippen LogP contribution in [0, 0.1) is 25.4 Å². The van der Waals surface area contributed by atoms with Crippen LogP contribution in [0.25, 0.3) is 0 Å². The van der Waals surface area contributed by atoms with Gasteiger partial charge in [0, 0.05) is 28.9 Å². The van der Waals surface area contributed by atoms with Gasteiger partial charge in [0.15, 0.2) is 0 Å². The van der Waals surface area contributed by atoms with Gasteiger partial charge in [0.1, 0.15) is 0 Å². The topological polar surface area (TPSA) is 108 Å². The van der Waals surface area contributed by atoms with Gasteiger partial charge in [0.25, 0.3) is 5.97 Å². The van der Waals surface area contributed by atoms with E-state index in [1.165, 1.54) is 25.7 Å². The van der Waals surface area contributed by atoms with E-state index in [-0.39, 0.29) is 22.5 Å². The molecule has 3 saturated heterocycles. The maximum absolute atomic E-state index is 10.1. The molecule has 7 nitrogen and oxygen atoms in total. The van der Waals surface area contributed by atoms with Gasteiger partial charge in [-0.1, -0.05) is 75.3 Å². The summed E-state index contributed by atoms with van der Waals surface area (Å²) in [6, 6.07) is 0. The van der Waals surface area contributed by atoms with Gasteiger partial charge in [-0.05, 0) is 38.5 Å². The van der Waals surface area contributed by atoms with Crippen molar-refractivity contribution in [3.05, 3.63) is 68.6 Å². The van der Waals surface area contributed by atoms with E-state index in [9.17, 15) is 5.11 Å². The van der Waals surface area contributed by atoms with Crippen molar-refractivity contribution in [2.24, 2.45) is 5.41 Å². The van der Waals surface area contributed by atoms with Crippen LogP contribution in [0.15, 0.2) is 48.6 Å². The largest absolute Gasteiger partial charge is 0 e. The number of allylic oxidation sites excluding steroid dienone is 7. The Morgan fingerprint density at radius 1 is 0.806 bits per heavy atom. The number of fused-ring (bicyclic) bond motifs is 3. The standard InChI is InChI=1S/C25H40O4.3CO.Fe/c1-3-4-5-6-7-8-9-10-11-12-13-14-15-17-23(26)18-16-19-25-27-20-24(2,21-28-25)22-29-25;3*1-2;/h7-8,10-11,13-15,17,23,26H,3-6,9,12,16,18-22H2,1-2H3;;;;/b8-7-,11-10-,14-13-,17-15+;;;;/t23-,24?,25?;;;;/m1..../s1. The fourth-order valence-electron chi connectivity index (χ4n) is 3.37. The van der Waals surface area contributed by atoms with E-state index in [2.05, 4.69) is 64.2 Å². The van der Waals surface area contributed by atoms with Crippen LogP contribution >= 0.6 is 0 Å². The van der Waals surface area contributed by atoms with Crippen molar-refractivity contribution in [1.29, 1.82) is 0 Å². The van der Waals surface area contributed by atoms with E-state index in [1.807, 2.05) is 18.2 Å². The Morgan fingerprint density at radius 3 is 1.89 bits per heavy atom. The third-order valence-electron chi connectivity index (χ3n) is 5.34. The molecule has 0 aromatic rings. The first-order valence-electron chi connectivity index (χ1n) is 11.9. The molecule has 0 aromatic heterocycles. The van der Waals surface area contributed by atoms with E-state index in [4.69, 9.17) is 28.2 Å². The van der Waals surface area contributed by atoms with Gasteiger partial charge in [-0.25, -0.2) is 0 Å². The van der Waals surface area contributed by atoms with Crippen molar-refractivity contribution in [2.75, 3.05) is 19.8 Å². The van der Waals surface area contributed by atoms with E-state index in [1.54, 1.807) is 0 Å². The fourth-order valence-corrected chi connectivity index (χ4v) is 3.37. The minimum Gasteiger partial charge on any atom is 0 e. The molecule has 0 saturated carbocycles. The summed E-state index contributed by atoms with van der Waals surface area (Å²) in [4.78, 5) is 0. The Labute approximate surface area is 227 Å². The first-order valence-corrected chi connectivity index (χ1v) is 11.9. The fraction of sp³-hybridized carbons (Fsp3) is 0.607. The van der Waals surface area contributed by atoms with Crippen molar-refractivity contribution in [1.82, 2.24) is 0 Å². The number of unbranched alkanes of at least 4 members (excludes halogenated alkanes) is 3. The monoisotopic (exact) mass is 544 g/mol. The molecule has 0 radical (unpaired) electrons. The average molecular weight is 544 g/mol. The third-order valence-corrected chi connectivity index (χ3v) is 5.34. The predicted octanol–water partition coefficient (Wildman–Crippen LogP) is 5.72. The zero-order valence-corrected chi connectivity index (χ0v) is 22.5. The van der Waals surface area contributed by atoms with Crippen LogP contribution in [0.5, 0.6) is 0 Å². The summed E-state index contributed by atoms with van der Waals surface area (Å²) >= 11 is 0. The molecule has 3 fully saturated rings. The average Bonchev–Trinajstić information content (AvgIpc) is 2.91. The molecule has 1 atom stereocenters. The molecule has 0 aromatic carbocycles. The maximum Gasteiger partial charge on any atom is 0 e. The smallest absolute Gasteiger partial charge is 0 e. The zero-order chi connectivity index (χ0) is 26.8. The molecular weight excluding hydrogens is 504 g/mol. The number of hydrogen-bond acceptors (Lipinski definition) is 4. The normalized spacial score (nSPS) is 23.1. The van der Waals surface area contributed by atoms with Gasteiger partial charge in [0.05, 0.1) is 25.9 Å². The summed E-state index contributed by atoms with van der Waals surface area (Å²) < 4.78 is 39.8. The maximum atomic E-state index is 10.1. The summed E-state index contributed by atoms with van der Waals surface area (Å²) in [6.45, 7) is 19.9. The van der Waals surface area contributed by atoms with Gasteiger partial charge in [0.2, 0.25) is 0 Å². The molecular formula is C28H40FeO7. The first-order chi connectivity index (χ1) is 17.1. The number of aliphatic hydroxyl groups is 1. The molecule has 36 heavy (non-hydrogen) atoms. The molecule has 2 bridgehead atoms. The minimum absolute atomic E-state index is 0. The number of rotatable bonds is 14. The molecule has 0 spiro atoms. The van der Waals surface area contributed by atoms with Crippen LogP contribution in [0.1, 0.15) is 71.6 Å². The molecule has 0 unspecified atom stereocenters. The van der Waals surface area contributed by atoms with Gasteiger partial charge in [-0.3, -0.25) is 0 Å². The van der Waals surface area contributed by atoms with Crippen LogP contribution in [-0.4, -0.2) is 37.0 Å². The van der Waals surface area contributed by atoms with Crippen molar-refractivity contribution in [3.8, 4) is 0 Å². The number of ether oxygens (including phenoxy) is 3. The predicted molar refractivity (Wildman–Crippen MR) is 130 cm³/mol. The molecule has 3 rings (SSSR count). The van der Waals surface area contributed by atoms with Crippen LogP contribution in [-0.2, 0) is 45.2 Å². The SMILES string of the molecule is CCCCC/C=C\C/C=C\C/C=C\C=C\[C@@H](O)CCCC12OCC(C)(CO1)CO2.[C-]#[O+].[C-]#[O+].[C-]#[O+].[Fe]. The zero-order valence-electron chi connectivity index (χ0n) is 21.4. The molecule has 0 aliphatic carbocycles. The molecule has 3 heterocycles. The van der Waals surface area contributed by atoms with E-state index < -0.39 is 12.1 Å². The van der Waals surface area contributed by atoms with Crippen LogP contribution in [0.4, 0.5) is 0 Å². The Morgan fingerprint density at radius 2 is 1.33 bits per heavy atom. The van der Waals surface area contributed by atoms with Gasteiger partial charge in [-0.15, -0.1) is 0 Å². The van der Waals surface area contributed by atoms with Crippen molar-refractivity contribution < 1.29 is 50.3 Å². The van der Waals surface area contributed by atoms with Gasteiger partial charge < -0.3 is 19.3 Å². The van der Waals surface area contributed by atoms with Gasteiger partial charge >= 0.3 is 33.9 Å². The van der Waals surface area contributed by atoms with Gasteiger partial charge in [-0.2, -0.15) is 0 Å². The summed E-state index contributed by atoms with van der Waals surface area (Å²) in [7, 11) is 0. The van der Waals surface area contributed by atoms with Crippen molar-refractivity contribution in [3.63, 3.8) is 0 Å². The second-order valence-corrected chi connectivity index (χ2v) is 8.54. The Balaban J connectivity index is -0.00000144. The third kappa shape index (κ3) is 18.8. The van der Waals surface area contributed by atoms with E-state index in [0.29, 0.717) is 32.7 Å². The molecule has 3 aliphatic rings. The summed E-state index contributed by atoms with van der Waals surface area (Å²) in [6.07, 6.45) is 25.4. The molecule has 1 N–H and O–H groups in total. The molecule has 0 amide bonds. The van der Waals surface area contributed by atoms with Crippen LogP contribution < -0.4 is 0 Å². The Bertz CT molecular complexity index is 653. The minimum atomic E-state index is -0.877. The molecule has 8 heteroatoms. The van der Waals surface area contributed by atoms with E-state index in [0.717, 1.165) is 19.3 Å². The second kappa shape index (κ2) is 26.6. The number of aliphatic hydroxyl groups excluding tert-OH is 1. The van der Waals surface area contributed by atoms with Crippen molar-refractivity contribution >= 4 is 0 Å². The quantitative estimate of drug-likeness (QED) is 0.0753. The summed E-state index contributed by atoms with van der Waals surface area (Å²) in [5, 5.41) is 10.1. The molecule has 202 valence electrons. The van der Waals surface area contributed by atoms with Crippen molar-refractivity contribution in [2.45, 2.75) is 83.7 Å². The van der Waals surface area contributed by atoms with Crippen LogP contribution in [0.2, 0.25) is 0 Å². The second-order valence-electron chi connectivity index (χ2n) is 8.54. The number of hydrogen-bond donors (Lipinski definition) is 1. The Kier molecular flexibility index (Phi) is 28.9. The Hall–Kier alpha value is -1.46. The first kappa shape index (κ1) is 39.1. The van der Waals surface area contributed by atoms with Crippen LogP contribution in [0.3, 0.4) is 0 Å². The van der Waals surface area contributed by atoms with E-state index >= 15 is 0 Å². The molecule has 3 aliphatic heterocycles. The summed E-state index contributed by atoms with van der Waals surface area (Å²) in [5.41, 5.74) is -0.00350. The summed E-state index contributed by atoms with van der Waals surface area (Å²) in [5.74, 6) is -0.877.